The standard InChI is InChI=1S/C17H26N2O/c1-13-7-9-14(10-8-13)12-18-16-6-4-5-15(11-16)17(20)19(2)3/h4-6,11,13-14,18H,7-10,12H2,1-3H3. The molecule has 0 bridgehead atoms. The third-order valence-electron chi connectivity index (χ3n) is 4.25. The van der Waals surface area contributed by atoms with Gasteiger partial charge >= 0.3 is 0 Å². The minimum absolute atomic E-state index is 0.0557. The van der Waals surface area contributed by atoms with Crippen LogP contribution < -0.4 is 5.32 Å². The van der Waals surface area contributed by atoms with Gasteiger partial charge in [-0.05, 0) is 42.9 Å². The summed E-state index contributed by atoms with van der Waals surface area (Å²) in [5.74, 6) is 1.73. The van der Waals surface area contributed by atoms with Crippen molar-refractivity contribution in [3.63, 3.8) is 0 Å². The van der Waals surface area contributed by atoms with E-state index in [-0.39, 0.29) is 5.91 Å². The summed E-state index contributed by atoms with van der Waals surface area (Å²) in [6, 6.07) is 7.81. The van der Waals surface area contributed by atoms with E-state index in [0.717, 1.165) is 29.6 Å². The predicted molar refractivity (Wildman–Crippen MR) is 84.1 cm³/mol. The summed E-state index contributed by atoms with van der Waals surface area (Å²) in [7, 11) is 3.57. The summed E-state index contributed by atoms with van der Waals surface area (Å²) in [4.78, 5) is 13.5. The van der Waals surface area contributed by atoms with E-state index in [4.69, 9.17) is 0 Å². The molecule has 2 rings (SSSR count). The monoisotopic (exact) mass is 274 g/mol. The van der Waals surface area contributed by atoms with Crippen molar-refractivity contribution in [2.75, 3.05) is 26.0 Å². The highest BCUT2D eigenvalue weighted by Gasteiger charge is 2.17. The van der Waals surface area contributed by atoms with Gasteiger partial charge in [0.05, 0.1) is 0 Å². The van der Waals surface area contributed by atoms with Gasteiger partial charge in [0.15, 0.2) is 0 Å². The molecule has 1 aliphatic rings. The van der Waals surface area contributed by atoms with Crippen molar-refractivity contribution in [2.45, 2.75) is 32.6 Å². The van der Waals surface area contributed by atoms with E-state index in [9.17, 15) is 4.79 Å². The molecule has 20 heavy (non-hydrogen) atoms. The van der Waals surface area contributed by atoms with Gasteiger partial charge in [-0.3, -0.25) is 4.79 Å². The Bertz CT molecular complexity index is 448. The van der Waals surface area contributed by atoms with Crippen molar-refractivity contribution in [3.05, 3.63) is 29.8 Å². The molecule has 0 unspecified atom stereocenters. The number of carbonyl (C=O) groups is 1. The van der Waals surface area contributed by atoms with E-state index in [1.165, 1.54) is 25.7 Å². The average molecular weight is 274 g/mol. The van der Waals surface area contributed by atoms with Crippen LogP contribution in [0.3, 0.4) is 0 Å². The first-order valence-electron chi connectivity index (χ1n) is 7.62. The van der Waals surface area contributed by atoms with Gasteiger partial charge in [-0.1, -0.05) is 25.8 Å². The fraction of sp³-hybridized carbons (Fsp3) is 0.588. The van der Waals surface area contributed by atoms with E-state index in [1.54, 1.807) is 19.0 Å². The Hall–Kier alpha value is -1.51. The van der Waals surface area contributed by atoms with Crippen molar-refractivity contribution in [1.29, 1.82) is 0 Å². The number of rotatable bonds is 4. The lowest BCUT2D eigenvalue weighted by molar-refractivity contribution is 0.0827. The summed E-state index contributed by atoms with van der Waals surface area (Å²) in [5.41, 5.74) is 1.80. The molecule has 0 radical (unpaired) electrons. The van der Waals surface area contributed by atoms with Gasteiger partial charge in [-0.15, -0.1) is 0 Å². The topological polar surface area (TPSA) is 32.3 Å². The van der Waals surface area contributed by atoms with Gasteiger partial charge in [-0.2, -0.15) is 0 Å². The zero-order valence-electron chi connectivity index (χ0n) is 12.9. The fourth-order valence-electron chi connectivity index (χ4n) is 2.82. The van der Waals surface area contributed by atoms with E-state index in [0.29, 0.717) is 0 Å². The number of amides is 1. The first-order valence-corrected chi connectivity index (χ1v) is 7.62. The Morgan fingerprint density at radius 2 is 1.95 bits per heavy atom. The third kappa shape index (κ3) is 3.99. The number of nitrogens with one attached hydrogen (secondary N) is 1. The minimum atomic E-state index is 0.0557. The van der Waals surface area contributed by atoms with Gasteiger partial charge in [0.2, 0.25) is 0 Å². The van der Waals surface area contributed by atoms with Crippen molar-refractivity contribution in [1.82, 2.24) is 4.90 Å². The molecular formula is C17H26N2O. The molecule has 1 aromatic rings. The first kappa shape index (κ1) is 14.9. The van der Waals surface area contributed by atoms with Crippen molar-refractivity contribution in [3.8, 4) is 0 Å². The molecule has 110 valence electrons. The van der Waals surface area contributed by atoms with Crippen LogP contribution in [0, 0.1) is 11.8 Å². The Labute approximate surface area is 122 Å². The first-order chi connectivity index (χ1) is 9.56. The van der Waals surface area contributed by atoms with E-state index < -0.39 is 0 Å². The van der Waals surface area contributed by atoms with Crippen LogP contribution in [-0.2, 0) is 0 Å². The molecular weight excluding hydrogens is 248 g/mol. The van der Waals surface area contributed by atoms with Gasteiger partial charge < -0.3 is 10.2 Å². The Balaban J connectivity index is 1.90. The number of anilines is 1. The van der Waals surface area contributed by atoms with Gasteiger partial charge in [-0.25, -0.2) is 0 Å². The van der Waals surface area contributed by atoms with E-state index in [2.05, 4.69) is 12.2 Å². The van der Waals surface area contributed by atoms with Crippen molar-refractivity contribution in [2.24, 2.45) is 11.8 Å². The van der Waals surface area contributed by atoms with Crippen LogP contribution in [0.5, 0.6) is 0 Å². The van der Waals surface area contributed by atoms with Gasteiger partial charge in [0.1, 0.15) is 0 Å². The summed E-state index contributed by atoms with van der Waals surface area (Å²) < 4.78 is 0. The summed E-state index contributed by atoms with van der Waals surface area (Å²) in [5, 5.41) is 3.49. The Morgan fingerprint density at radius 3 is 2.60 bits per heavy atom. The highest BCUT2D eigenvalue weighted by atomic mass is 16.2. The lowest BCUT2D eigenvalue weighted by Crippen LogP contribution is -2.22. The van der Waals surface area contributed by atoms with Crippen LogP contribution in [0.25, 0.3) is 0 Å². The van der Waals surface area contributed by atoms with Crippen LogP contribution >= 0.6 is 0 Å². The number of carbonyl (C=O) groups excluding carboxylic acids is 1. The maximum atomic E-state index is 11.9. The SMILES string of the molecule is CC1CCC(CNc2cccc(C(=O)N(C)C)c2)CC1. The van der Waals surface area contributed by atoms with Crippen LogP contribution in [0.15, 0.2) is 24.3 Å². The molecule has 1 N–H and O–H groups in total. The van der Waals surface area contributed by atoms with Crippen LogP contribution in [0.4, 0.5) is 5.69 Å². The predicted octanol–water partition coefficient (Wildman–Crippen LogP) is 3.63. The minimum Gasteiger partial charge on any atom is -0.385 e. The molecule has 0 heterocycles. The zero-order valence-corrected chi connectivity index (χ0v) is 12.9. The summed E-state index contributed by atoms with van der Waals surface area (Å²) in [6.07, 6.45) is 5.35. The van der Waals surface area contributed by atoms with Crippen LogP contribution in [0.2, 0.25) is 0 Å². The quantitative estimate of drug-likeness (QED) is 0.909. The molecule has 0 atom stereocenters. The lowest BCUT2D eigenvalue weighted by atomic mass is 9.83. The largest absolute Gasteiger partial charge is 0.385 e. The smallest absolute Gasteiger partial charge is 0.253 e. The fourth-order valence-corrected chi connectivity index (χ4v) is 2.82. The molecule has 0 aliphatic heterocycles. The lowest BCUT2D eigenvalue weighted by Gasteiger charge is -2.26. The normalized spacial score (nSPS) is 22.4. The van der Waals surface area contributed by atoms with E-state index in [1.807, 2.05) is 24.3 Å². The molecule has 1 aliphatic carbocycles. The van der Waals surface area contributed by atoms with Crippen LogP contribution in [0.1, 0.15) is 43.0 Å². The molecule has 1 amide bonds. The molecule has 0 saturated heterocycles. The molecule has 1 saturated carbocycles. The maximum Gasteiger partial charge on any atom is 0.253 e. The highest BCUT2D eigenvalue weighted by molar-refractivity contribution is 5.94. The number of nitrogens with zero attached hydrogens (tertiary/aromatic N) is 1. The Kier molecular flexibility index (Phi) is 5.05. The van der Waals surface area contributed by atoms with E-state index >= 15 is 0 Å². The van der Waals surface area contributed by atoms with Crippen molar-refractivity contribution < 1.29 is 4.79 Å². The number of benzene rings is 1. The maximum absolute atomic E-state index is 11.9. The molecule has 1 fully saturated rings. The molecule has 0 spiro atoms. The number of hydrogen-bond donors (Lipinski definition) is 1. The van der Waals surface area contributed by atoms with Crippen molar-refractivity contribution >= 4 is 11.6 Å². The highest BCUT2D eigenvalue weighted by Crippen LogP contribution is 2.28. The zero-order chi connectivity index (χ0) is 14.5. The molecule has 3 heteroatoms. The second-order valence-electron chi connectivity index (χ2n) is 6.29. The van der Waals surface area contributed by atoms with Gasteiger partial charge in [0.25, 0.3) is 5.91 Å². The molecule has 1 aromatic carbocycles. The van der Waals surface area contributed by atoms with Gasteiger partial charge in [0, 0.05) is 31.9 Å². The second-order valence-corrected chi connectivity index (χ2v) is 6.29. The summed E-state index contributed by atoms with van der Waals surface area (Å²) in [6.45, 7) is 3.37. The number of hydrogen-bond acceptors (Lipinski definition) is 2. The summed E-state index contributed by atoms with van der Waals surface area (Å²) >= 11 is 0. The molecule has 3 nitrogen and oxygen atoms in total. The van der Waals surface area contributed by atoms with Crippen LogP contribution in [-0.4, -0.2) is 31.4 Å². The molecule has 0 aromatic heterocycles. The average Bonchev–Trinajstić information content (AvgIpc) is 2.46. The Morgan fingerprint density at radius 1 is 1.25 bits per heavy atom. The third-order valence-corrected chi connectivity index (χ3v) is 4.25. The second kappa shape index (κ2) is 6.78.